The van der Waals surface area contributed by atoms with Gasteiger partial charge in [-0.25, -0.2) is 0 Å². The Balaban J connectivity index is 3.02. The Hall–Kier alpha value is -0.620. The molecule has 0 radical (unpaired) electrons. The molecule has 0 fully saturated rings. The lowest BCUT2D eigenvalue weighted by Gasteiger charge is -1.91. The maximum absolute atomic E-state index is 7.88. The van der Waals surface area contributed by atoms with Gasteiger partial charge >= 0.3 is 0 Å². The highest BCUT2D eigenvalue weighted by atomic mass is 32.1. The van der Waals surface area contributed by atoms with Crippen LogP contribution in [0.25, 0.3) is 0 Å². The molecule has 0 amide bonds. The zero-order valence-electron chi connectivity index (χ0n) is 3.97. The Morgan fingerprint density at radius 2 is 2.57 bits per heavy atom. The van der Waals surface area contributed by atoms with Crippen molar-refractivity contribution in [2.24, 2.45) is 0 Å². The van der Waals surface area contributed by atoms with Crippen molar-refractivity contribution in [2.45, 2.75) is 6.92 Å². The molecule has 0 unspecified atom stereocenters. The van der Waals surface area contributed by atoms with Crippen LogP contribution in [0.1, 0.15) is 6.92 Å². The molecule has 0 atom stereocenters. The summed E-state index contributed by atoms with van der Waals surface area (Å²) in [7, 11) is 0. The number of ether oxygens (including phenoxy) is 1. The van der Waals surface area contributed by atoms with E-state index in [2.05, 4.69) is 17.0 Å². The van der Waals surface area contributed by atoms with Crippen LogP contribution in [0, 0.1) is 11.3 Å². The summed E-state index contributed by atoms with van der Waals surface area (Å²) in [6.45, 7) is 1.70. The van der Waals surface area contributed by atoms with Crippen molar-refractivity contribution >= 4 is 17.3 Å². The second-order valence-electron chi connectivity index (χ2n) is 0.938. The topological polar surface area (TPSA) is 33.0 Å². The van der Waals surface area contributed by atoms with Crippen LogP contribution in [0.15, 0.2) is 0 Å². The van der Waals surface area contributed by atoms with Crippen LogP contribution in [0.5, 0.6) is 0 Å². The van der Waals surface area contributed by atoms with E-state index in [9.17, 15) is 0 Å². The van der Waals surface area contributed by atoms with E-state index in [-0.39, 0.29) is 6.61 Å². The molecule has 38 valence electrons. The zero-order valence-corrected chi connectivity index (χ0v) is 4.79. The largest absolute Gasteiger partial charge is 0.473 e. The molecule has 0 heterocycles. The van der Waals surface area contributed by atoms with Crippen molar-refractivity contribution in [3.63, 3.8) is 0 Å². The minimum absolute atomic E-state index is 0.0648. The molecule has 0 aromatic rings. The molecule has 0 aromatic carbocycles. The summed E-state index contributed by atoms with van der Waals surface area (Å²) in [5.41, 5.74) is 0. The molecule has 0 aliphatic carbocycles. The molecule has 0 aromatic heterocycles. The number of nitriles is 1. The van der Waals surface area contributed by atoms with E-state index in [1.807, 2.05) is 0 Å². The predicted octanol–water partition coefficient (Wildman–Crippen LogP) is 0.874. The van der Waals surface area contributed by atoms with Crippen molar-refractivity contribution < 1.29 is 4.74 Å². The standard InChI is InChI=1S/C4H5NOS/c1-4(7)6-3-2-5/h3H2,1H3. The van der Waals surface area contributed by atoms with E-state index in [1.165, 1.54) is 0 Å². The first-order chi connectivity index (χ1) is 3.27. The molecule has 0 rings (SSSR count). The van der Waals surface area contributed by atoms with Crippen LogP contribution >= 0.6 is 12.2 Å². The number of hydrogen-bond acceptors (Lipinski definition) is 3. The van der Waals surface area contributed by atoms with Gasteiger partial charge < -0.3 is 4.74 Å². The van der Waals surface area contributed by atoms with Crippen molar-refractivity contribution in [3.05, 3.63) is 0 Å². The molecule has 0 spiro atoms. The number of thiocarbonyl (C=S) groups is 1. The fraction of sp³-hybridized carbons (Fsp3) is 0.500. The molecular formula is C4H5NOS. The summed E-state index contributed by atoms with van der Waals surface area (Å²) < 4.78 is 4.56. The van der Waals surface area contributed by atoms with Gasteiger partial charge in [0.1, 0.15) is 6.07 Å². The fourth-order valence-electron chi connectivity index (χ4n) is 0.134. The molecule has 0 saturated carbocycles. The predicted molar refractivity (Wildman–Crippen MR) is 29.8 cm³/mol. The quantitative estimate of drug-likeness (QED) is 0.475. The molecule has 3 heteroatoms. The van der Waals surface area contributed by atoms with E-state index < -0.39 is 0 Å². The van der Waals surface area contributed by atoms with Crippen LogP contribution in [0.2, 0.25) is 0 Å². The van der Waals surface area contributed by atoms with Gasteiger partial charge in [0.25, 0.3) is 0 Å². The fourth-order valence-corrected chi connectivity index (χ4v) is 0.193. The lowest BCUT2D eigenvalue weighted by molar-refractivity contribution is 0.363. The lowest BCUT2D eigenvalue weighted by Crippen LogP contribution is -1.94. The van der Waals surface area contributed by atoms with E-state index >= 15 is 0 Å². The van der Waals surface area contributed by atoms with Gasteiger partial charge in [-0.05, 0) is 12.2 Å². The van der Waals surface area contributed by atoms with E-state index in [0.29, 0.717) is 5.05 Å². The third kappa shape index (κ3) is 5.38. The summed E-state index contributed by atoms with van der Waals surface area (Å²) >= 11 is 4.49. The molecule has 0 N–H and O–H groups in total. The minimum Gasteiger partial charge on any atom is -0.473 e. The Kier molecular flexibility index (Phi) is 3.25. The molecular weight excluding hydrogens is 110 g/mol. The van der Waals surface area contributed by atoms with Crippen LogP contribution < -0.4 is 0 Å². The first-order valence-corrected chi connectivity index (χ1v) is 2.18. The van der Waals surface area contributed by atoms with E-state index in [4.69, 9.17) is 5.26 Å². The SMILES string of the molecule is CC(=S)OCC#N. The van der Waals surface area contributed by atoms with Crippen molar-refractivity contribution in [1.29, 1.82) is 5.26 Å². The maximum Gasteiger partial charge on any atom is 0.175 e. The lowest BCUT2D eigenvalue weighted by atomic mass is 10.8. The highest BCUT2D eigenvalue weighted by Crippen LogP contribution is 1.75. The Morgan fingerprint density at radius 1 is 2.00 bits per heavy atom. The van der Waals surface area contributed by atoms with Gasteiger partial charge in [0, 0.05) is 6.92 Å². The van der Waals surface area contributed by atoms with Crippen LogP contribution in [0.4, 0.5) is 0 Å². The molecule has 0 saturated heterocycles. The maximum atomic E-state index is 7.88. The van der Waals surface area contributed by atoms with Gasteiger partial charge in [-0.1, -0.05) is 0 Å². The zero-order chi connectivity index (χ0) is 5.70. The van der Waals surface area contributed by atoms with Gasteiger partial charge in [-0.3, -0.25) is 0 Å². The van der Waals surface area contributed by atoms with Crippen LogP contribution in [0.3, 0.4) is 0 Å². The average molecular weight is 115 g/mol. The normalized spacial score (nSPS) is 6.86. The van der Waals surface area contributed by atoms with Crippen molar-refractivity contribution in [3.8, 4) is 6.07 Å². The second-order valence-corrected chi connectivity index (χ2v) is 1.51. The van der Waals surface area contributed by atoms with Crippen molar-refractivity contribution in [1.82, 2.24) is 0 Å². The highest BCUT2D eigenvalue weighted by molar-refractivity contribution is 7.80. The van der Waals surface area contributed by atoms with Crippen LogP contribution in [-0.4, -0.2) is 11.7 Å². The Bertz CT molecular complexity index is 105. The smallest absolute Gasteiger partial charge is 0.175 e. The Labute approximate surface area is 47.7 Å². The summed E-state index contributed by atoms with van der Waals surface area (Å²) in [5, 5.41) is 8.30. The third-order valence-electron chi connectivity index (χ3n) is 0.340. The van der Waals surface area contributed by atoms with Gasteiger partial charge in [-0.15, -0.1) is 0 Å². The summed E-state index contributed by atoms with van der Waals surface area (Å²) in [4.78, 5) is 0. The van der Waals surface area contributed by atoms with E-state index in [1.54, 1.807) is 13.0 Å². The molecule has 7 heavy (non-hydrogen) atoms. The van der Waals surface area contributed by atoms with Crippen molar-refractivity contribution in [2.75, 3.05) is 6.61 Å². The van der Waals surface area contributed by atoms with Gasteiger partial charge in [0.15, 0.2) is 11.7 Å². The van der Waals surface area contributed by atoms with Gasteiger partial charge in [-0.2, -0.15) is 5.26 Å². The number of hydrogen-bond donors (Lipinski definition) is 0. The third-order valence-corrected chi connectivity index (χ3v) is 0.458. The molecule has 2 nitrogen and oxygen atoms in total. The van der Waals surface area contributed by atoms with Crippen LogP contribution in [-0.2, 0) is 4.74 Å². The summed E-state index contributed by atoms with van der Waals surface area (Å²) in [6.07, 6.45) is 0. The number of rotatable bonds is 1. The van der Waals surface area contributed by atoms with Gasteiger partial charge in [0.2, 0.25) is 0 Å². The molecule has 0 aliphatic rings. The Morgan fingerprint density at radius 3 is 2.71 bits per heavy atom. The molecule has 0 bridgehead atoms. The second kappa shape index (κ2) is 3.57. The highest BCUT2D eigenvalue weighted by Gasteiger charge is 1.80. The van der Waals surface area contributed by atoms with E-state index in [0.717, 1.165) is 0 Å². The monoisotopic (exact) mass is 115 g/mol. The first-order valence-electron chi connectivity index (χ1n) is 1.77. The van der Waals surface area contributed by atoms with Gasteiger partial charge in [0.05, 0.1) is 0 Å². The minimum atomic E-state index is 0.0648. The first kappa shape index (κ1) is 6.38. The average Bonchev–Trinajstić information content (AvgIpc) is 1.61. The summed E-state index contributed by atoms with van der Waals surface area (Å²) in [6, 6.07) is 1.79. The number of nitrogens with zero attached hydrogens (tertiary/aromatic N) is 1. The summed E-state index contributed by atoms with van der Waals surface area (Å²) in [5.74, 6) is 0. The molecule has 0 aliphatic heterocycles.